The molecule has 3 aromatic rings. The molecule has 0 aliphatic carbocycles. The van der Waals surface area contributed by atoms with Crippen LogP contribution in [0.25, 0.3) is 10.9 Å². The van der Waals surface area contributed by atoms with Crippen molar-refractivity contribution in [1.82, 2.24) is 14.9 Å². The van der Waals surface area contributed by atoms with Crippen molar-refractivity contribution in [3.05, 3.63) is 58.7 Å². The van der Waals surface area contributed by atoms with Crippen LogP contribution in [0.3, 0.4) is 0 Å². The molecule has 0 spiro atoms. The molecule has 1 aliphatic heterocycles. The summed E-state index contributed by atoms with van der Waals surface area (Å²) in [6, 6.07) is 10.7. The van der Waals surface area contributed by atoms with Gasteiger partial charge in [-0.05, 0) is 43.0 Å². The molecule has 1 fully saturated rings. The molecule has 0 amide bonds. The number of likely N-dealkylation sites (tertiary alicyclic amines) is 1. The number of rotatable bonds is 4. The number of para-hydroxylation sites is 1. The van der Waals surface area contributed by atoms with Gasteiger partial charge in [0.25, 0.3) is 0 Å². The average molecular weight is 309 g/mol. The first-order valence-corrected chi connectivity index (χ1v) is 8.69. The SMILES string of the molecule is c1ccc2c(C[C@@H]3CCN(Cc4cncs4)C3)ccnc2c1. The Morgan fingerprint density at radius 3 is 3.09 bits per heavy atom. The zero-order valence-corrected chi connectivity index (χ0v) is 13.3. The summed E-state index contributed by atoms with van der Waals surface area (Å²) in [5.74, 6) is 0.749. The Morgan fingerprint density at radius 1 is 1.23 bits per heavy atom. The molecule has 0 N–H and O–H groups in total. The Kier molecular flexibility index (Phi) is 3.87. The topological polar surface area (TPSA) is 29.0 Å². The summed E-state index contributed by atoms with van der Waals surface area (Å²) in [7, 11) is 0. The van der Waals surface area contributed by atoms with Crippen LogP contribution in [0.4, 0.5) is 0 Å². The molecule has 4 rings (SSSR count). The molecule has 0 radical (unpaired) electrons. The molecule has 3 nitrogen and oxygen atoms in total. The third-order valence-corrected chi connectivity index (χ3v) is 5.25. The molecule has 1 aliphatic rings. The molecule has 2 aromatic heterocycles. The molecule has 0 saturated carbocycles. The molecule has 112 valence electrons. The van der Waals surface area contributed by atoms with E-state index >= 15 is 0 Å². The number of hydrogen-bond acceptors (Lipinski definition) is 4. The third-order valence-electron chi connectivity index (χ3n) is 4.48. The van der Waals surface area contributed by atoms with Gasteiger partial charge >= 0.3 is 0 Å². The number of thiazole rings is 1. The zero-order chi connectivity index (χ0) is 14.8. The van der Waals surface area contributed by atoms with Crippen LogP contribution >= 0.6 is 11.3 Å². The molecule has 0 unspecified atom stereocenters. The molecule has 1 atom stereocenters. The van der Waals surface area contributed by atoms with Crippen molar-refractivity contribution in [2.24, 2.45) is 5.92 Å². The Balaban J connectivity index is 1.45. The van der Waals surface area contributed by atoms with Gasteiger partial charge in [0.2, 0.25) is 0 Å². The highest BCUT2D eigenvalue weighted by atomic mass is 32.1. The van der Waals surface area contributed by atoms with Crippen molar-refractivity contribution in [3.63, 3.8) is 0 Å². The van der Waals surface area contributed by atoms with E-state index in [1.165, 1.54) is 35.3 Å². The van der Waals surface area contributed by atoms with E-state index in [2.05, 4.69) is 45.2 Å². The highest BCUT2D eigenvalue weighted by Crippen LogP contribution is 2.26. The summed E-state index contributed by atoms with van der Waals surface area (Å²) in [6.07, 6.45) is 6.38. The molecule has 22 heavy (non-hydrogen) atoms. The molecule has 4 heteroatoms. The van der Waals surface area contributed by atoms with E-state index in [1.54, 1.807) is 11.3 Å². The molecule has 1 saturated heterocycles. The monoisotopic (exact) mass is 309 g/mol. The molecule has 1 aromatic carbocycles. The summed E-state index contributed by atoms with van der Waals surface area (Å²) < 4.78 is 0. The van der Waals surface area contributed by atoms with E-state index < -0.39 is 0 Å². The first-order valence-electron chi connectivity index (χ1n) is 7.81. The maximum Gasteiger partial charge on any atom is 0.0794 e. The van der Waals surface area contributed by atoms with E-state index in [1.807, 2.05) is 17.9 Å². The van der Waals surface area contributed by atoms with Crippen molar-refractivity contribution in [2.75, 3.05) is 13.1 Å². The van der Waals surface area contributed by atoms with Gasteiger partial charge in [-0.25, -0.2) is 0 Å². The van der Waals surface area contributed by atoms with Crippen LogP contribution in [0.15, 0.2) is 48.2 Å². The minimum absolute atomic E-state index is 0.749. The number of nitrogens with zero attached hydrogens (tertiary/aromatic N) is 3. The second-order valence-corrected chi connectivity index (χ2v) is 7.02. The Hall–Kier alpha value is -1.78. The van der Waals surface area contributed by atoms with Gasteiger partial charge < -0.3 is 0 Å². The lowest BCUT2D eigenvalue weighted by Gasteiger charge is -2.15. The van der Waals surface area contributed by atoms with E-state index in [4.69, 9.17) is 0 Å². The van der Waals surface area contributed by atoms with Crippen molar-refractivity contribution in [3.8, 4) is 0 Å². The van der Waals surface area contributed by atoms with Gasteiger partial charge in [0, 0.05) is 35.7 Å². The smallest absolute Gasteiger partial charge is 0.0794 e. The highest BCUT2D eigenvalue weighted by molar-refractivity contribution is 7.09. The van der Waals surface area contributed by atoms with Crippen molar-refractivity contribution in [2.45, 2.75) is 19.4 Å². The van der Waals surface area contributed by atoms with Gasteiger partial charge in [-0.2, -0.15) is 0 Å². The normalized spacial score (nSPS) is 19.0. The standard InChI is InChI=1S/C18H19N3S/c1-2-4-18-17(3-1)15(5-7-20-18)9-14-6-8-21(11-14)12-16-10-19-13-22-16/h1-5,7,10,13-14H,6,8-9,11-12H2/t14-/m0/s1. The fraction of sp³-hybridized carbons (Fsp3) is 0.333. The predicted octanol–water partition coefficient (Wildman–Crippen LogP) is 3.76. The highest BCUT2D eigenvalue weighted by Gasteiger charge is 2.23. The van der Waals surface area contributed by atoms with E-state index in [9.17, 15) is 0 Å². The minimum Gasteiger partial charge on any atom is -0.298 e. The Morgan fingerprint density at radius 2 is 2.18 bits per heavy atom. The van der Waals surface area contributed by atoms with Crippen LogP contribution < -0.4 is 0 Å². The van der Waals surface area contributed by atoms with E-state index in [0.29, 0.717) is 0 Å². The van der Waals surface area contributed by atoms with Gasteiger partial charge in [-0.1, -0.05) is 18.2 Å². The summed E-state index contributed by atoms with van der Waals surface area (Å²) in [5, 5.41) is 1.31. The van der Waals surface area contributed by atoms with Crippen LogP contribution in [0, 0.1) is 5.92 Å². The van der Waals surface area contributed by atoms with Crippen LogP contribution in [-0.2, 0) is 13.0 Å². The van der Waals surface area contributed by atoms with Crippen molar-refractivity contribution in [1.29, 1.82) is 0 Å². The van der Waals surface area contributed by atoms with E-state index in [-0.39, 0.29) is 0 Å². The van der Waals surface area contributed by atoms with E-state index in [0.717, 1.165) is 24.4 Å². The molecular weight excluding hydrogens is 290 g/mol. The van der Waals surface area contributed by atoms with Gasteiger partial charge in [0.05, 0.1) is 11.0 Å². The zero-order valence-electron chi connectivity index (χ0n) is 12.5. The first-order chi connectivity index (χ1) is 10.9. The third kappa shape index (κ3) is 2.89. The number of fused-ring (bicyclic) bond motifs is 1. The lowest BCUT2D eigenvalue weighted by molar-refractivity contribution is 0.319. The fourth-order valence-electron chi connectivity index (χ4n) is 3.41. The maximum absolute atomic E-state index is 4.47. The largest absolute Gasteiger partial charge is 0.298 e. The van der Waals surface area contributed by atoms with Crippen molar-refractivity contribution >= 4 is 22.2 Å². The first kappa shape index (κ1) is 13.9. The predicted molar refractivity (Wildman–Crippen MR) is 90.9 cm³/mol. The Labute approximate surface area is 134 Å². The lowest BCUT2D eigenvalue weighted by atomic mass is 9.96. The second-order valence-electron chi connectivity index (χ2n) is 6.05. The molecule has 0 bridgehead atoms. The number of hydrogen-bond donors (Lipinski definition) is 0. The van der Waals surface area contributed by atoms with Gasteiger partial charge in [-0.15, -0.1) is 11.3 Å². The molecule has 3 heterocycles. The summed E-state index contributed by atoms with van der Waals surface area (Å²) in [4.78, 5) is 12.6. The summed E-state index contributed by atoms with van der Waals surface area (Å²) in [5.41, 5.74) is 4.47. The van der Waals surface area contributed by atoms with Crippen LogP contribution in [0.2, 0.25) is 0 Å². The number of aromatic nitrogens is 2. The van der Waals surface area contributed by atoms with Gasteiger partial charge in [-0.3, -0.25) is 14.9 Å². The van der Waals surface area contributed by atoms with Gasteiger partial charge in [0.1, 0.15) is 0 Å². The summed E-state index contributed by atoms with van der Waals surface area (Å²) in [6.45, 7) is 3.44. The minimum atomic E-state index is 0.749. The lowest BCUT2D eigenvalue weighted by Crippen LogP contribution is -2.20. The van der Waals surface area contributed by atoms with Crippen LogP contribution in [0.1, 0.15) is 16.9 Å². The number of pyridine rings is 1. The number of benzene rings is 1. The molecular formula is C18H19N3S. The Bertz CT molecular complexity index is 749. The van der Waals surface area contributed by atoms with Gasteiger partial charge in [0.15, 0.2) is 0 Å². The van der Waals surface area contributed by atoms with Crippen LogP contribution in [0.5, 0.6) is 0 Å². The maximum atomic E-state index is 4.47. The second kappa shape index (κ2) is 6.15. The van der Waals surface area contributed by atoms with Crippen LogP contribution in [-0.4, -0.2) is 28.0 Å². The van der Waals surface area contributed by atoms with Crippen molar-refractivity contribution < 1.29 is 0 Å². The average Bonchev–Trinajstić information content (AvgIpc) is 3.20. The summed E-state index contributed by atoms with van der Waals surface area (Å²) >= 11 is 1.76. The quantitative estimate of drug-likeness (QED) is 0.735. The fourth-order valence-corrected chi connectivity index (χ4v) is 4.04.